The first kappa shape index (κ1) is 25.9. The van der Waals surface area contributed by atoms with E-state index >= 15 is 0 Å². The van der Waals surface area contributed by atoms with Crippen LogP contribution in [0.1, 0.15) is 34.7 Å². The summed E-state index contributed by atoms with van der Waals surface area (Å²) in [5.41, 5.74) is 5.34. The fourth-order valence-corrected chi connectivity index (χ4v) is 5.35. The fourth-order valence-electron chi connectivity index (χ4n) is 5.35. The van der Waals surface area contributed by atoms with Gasteiger partial charge in [0.05, 0.1) is 32.5 Å². The van der Waals surface area contributed by atoms with Gasteiger partial charge in [-0.2, -0.15) is 5.10 Å². The summed E-state index contributed by atoms with van der Waals surface area (Å²) in [5, 5.41) is 6.61. The average Bonchev–Trinajstić information content (AvgIpc) is 3.40. The van der Waals surface area contributed by atoms with Crippen molar-refractivity contribution < 1.29 is 14.3 Å². The van der Waals surface area contributed by atoms with E-state index in [4.69, 9.17) is 14.6 Å². The van der Waals surface area contributed by atoms with Crippen molar-refractivity contribution in [3.63, 3.8) is 0 Å². The van der Waals surface area contributed by atoms with Crippen LogP contribution >= 0.6 is 0 Å². The standard InChI is InChI=1S/C31H36N4O3/c1-23-9-7-8-12-26(23)29-20-28(27-14-13-25(37-2)19-30(27)38-3)32-35(29)31(36)22-34-17-15-33(16-18-34)21-24-10-5-4-6-11-24/h4-14,19,29H,15-18,20-22H2,1-3H3/t29-/m0/s1. The number of aryl methyl sites for hydroxylation is 1. The Hall–Kier alpha value is -3.68. The van der Waals surface area contributed by atoms with Gasteiger partial charge in [0, 0.05) is 50.8 Å². The first-order valence-electron chi connectivity index (χ1n) is 13.2. The van der Waals surface area contributed by atoms with Crippen LogP contribution in [0.2, 0.25) is 0 Å². The molecular formula is C31H36N4O3. The first-order chi connectivity index (χ1) is 18.6. The molecule has 1 fully saturated rings. The van der Waals surface area contributed by atoms with Gasteiger partial charge in [-0.3, -0.25) is 14.6 Å². The zero-order valence-corrected chi connectivity index (χ0v) is 22.5. The maximum absolute atomic E-state index is 13.7. The van der Waals surface area contributed by atoms with Gasteiger partial charge in [0.25, 0.3) is 5.91 Å². The lowest BCUT2D eigenvalue weighted by molar-refractivity contribution is -0.134. The number of rotatable bonds is 8. The molecule has 198 valence electrons. The van der Waals surface area contributed by atoms with Crippen LogP contribution in [0.5, 0.6) is 11.5 Å². The molecule has 0 radical (unpaired) electrons. The second-order valence-electron chi connectivity index (χ2n) is 9.97. The molecule has 1 atom stereocenters. The van der Waals surface area contributed by atoms with Crippen LogP contribution in [0.3, 0.4) is 0 Å². The van der Waals surface area contributed by atoms with Gasteiger partial charge < -0.3 is 9.47 Å². The molecule has 0 unspecified atom stereocenters. The number of hydrazone groups is 1. The van der Waals surface area contributed by atoms with Crippen LogP contribution in [0.15, 0.2) is 77.9 Å². The Kier molecular flexibility index (Phi) is 8.05. The van der Waals surface area contributed by atoms with E-state index in [1.165, 1.54) is 5.56 Å². The second-order valence-corrected chi connectivity index (χ2v) is 9.97. The molecule has 0 bridgehead atoms. The molecule has 3 aromatic rings. The molecule has 2 aliphatic rings. The smallest absolute Gasteiger partial charge is 0.257 e. The number of hydrogen-bond donors (Lipinski definition) is 0. The van der Waals surface area contributed by atoms with Crippen molar-refractivity contribution in [2.75, 3.05) is 46.9 Å². The van der Waals surface area contributed by atoms with Crippen LogP contribution in [-0.4, -0.2) is 73.4 Å². The van der Waals surface area contributed by atoms with Crippen LogP contribution in [0.25, 0.3) is 0 Å². The number of nitrogens with zero attached hydrogens (tertiary/aromatic N) is 4. The Bertz CT molecular complexity index is 1290. The minimum atomic E-state index is -0.148. The van der Waals surface area contributed by atoms with Crippen LogP contribution in [-0.2, 0) is 11.3 Å². The predicted octanol–water partition coefficient (Wildman–Crippen LogP) is 4.51. The lowest BCUT2D eigenvalue weighted by Crippen LogP contribution is -2.49. The van der Waals surface area contributed by atoms with Crippen molar-refractivity contribution in [1.29, 1.82) is 0 Å². The van der Waals surface area contributed by atoms with E-state index in [1.807, 2.05) is 36.4 Å². The zero-order chi connectivity index (χ0) is 26.5. The molecule has 2 heterocycles. The van der Waals surface area contributed by atoms with E-state index in [-0.39, 0.29) is 11.9 Å². The molecule has 0 saturated carbocycles. The Morgan fingerprint density at radius 1 is 0.895 bits per heavy atom. The number of benzene rings is 3. The molecule has 2 aliphatic heterocycles. The van der Waals surface area contributed by atoms with E-state index in [0.717, 1.165) is 60.9 Å². The van der Waals surface area contributed by atoms with Crippen molar-refractivity contribution in [2.24, 2.45) is 5.10 Å². The summed E-state index contributed by atoms with van der Waals surface area (Å²) >= 11 is 0. The lowest BCUT2D eigenvalue weighted by atomic mass is 9.95. The Balaban J connectivity index is 1.32. The summed E-state index contributed by atoms with van der Waals surface area (Å²) in [4.78, 5) is 18.4. The largest absolute Gasteiger partial charge is 0.497 e. The lowest BCUT2D eigenvalue weighted by Gasteiger charge is -2.35. The molecule has 0 aliphatic carbocycles. The number of carbonyl (C=O) groups is 1. The van der Waals surface area contributed by atoms with Crippen molar-refractivity contribution in [2.45, 2.75) is 25.9 Å². The summed E-state index contributed by atoms with van der Waals surface area (Å²) in [6.45, 7) is 7.02. The predicted molar refractivity (Wildman–Crippen MR) is 150 cm³/mol. The molecule has 0 spiro atoms. The van der Waals surface area contributed by atoms with E-state index in [2.05, 4.69) is 53.1 Å². The summed E-state index contributed by atoms with van der Waals surface area (Å²) in [5.74, 6) is 1.44. The number of methoxy groups -OCH3 is 2. The quantitative estimate of drug-likeness (QED) is 0.445. The molecular weight excluding hydrogens is 476 g/mol. The molecule has 5 rings (SSSR count). The van der Waals surface area contributed by atoms with E-state index in [9.17, 15) is 4.79 Å². The van der Waals surface area contributed by atoms with Gasteiger partial charge in [0.2, 0.25) is 0 Å². The first-order valence-corrected chi connectivity index (χ1v) is 13.2. The molecule has 1 amide bonds. The molecule has 38 heavy (non-hydrogen) atoms. The fraction of sp³-hybridized carbons (Fsp3) is 0.355. The third-order valence-electron chi connectivity index (χ3n) is 7.51. The molecule has 0 aromatic heterocycles. The summed E-state index contributed by atoms with van der Waals surface area (Å²) in [7, 11) is 3.28. The Morgan fingerprint density at radius 2 is 1.61 bits per heavy atom. The highest BCUT2D eigenvalue weighted by molar-refractivity contribution is 6.05. The highest BCUT2D eigenvalue weighted by atomic mass is 16.5. The maximum Gasteiger partial charge on any atom is 0.257 e. The van der Waals surface area contributed by atoms with Gasteiger partial charge in [-0.1, -0.05) is 54.6 Å². The molecule has 7 heteroatoms. The number of amides is 1. The van der Waals surface area contributed by atoms with Crippen LogP contribution in [0.4, 0.5) is 0 Å². The van der Waals surface area contributed by atoms with Crippen molar-refractivity contribution >= 4 is 11.6 Å². The number of piperazine rings is 1. The van der Waals surface area contributed by atoms with E-state index in [1.54, 1.807) is 19.2 Å². The molecule has 3 aromatic carbocycles. The van der Waals surface area contributed by atoms with Gasteiger partial charge in [-0.15, -0.1) is 0 Å². The van der Waals surface area contributed by atoms with E-state index in [0.29, 0.717) is 18.7 Å². The number of ether oxygens (including phenoxy) is 2. The second kappa shape index (κ2) is 11.8. The SMILES string of the molecule is COc1ccc(C2=NN(C(=O)CN3CCN(Cc4ccccc4)CC3)[C@H](c3ccccc3C)C2)c(OC)c1. The van der Waals surface area contributed by atoms with Crippen molar-refractivity contribution in [3.8, 4) is 11.5 Å². The number of hydrogen-bond acceptors (Lipinski definition) is 6. The van der Waals surface area contributed by atoms with Gasteiger partial charge in [-0.25, -0.2) is 5.01 Å². The topological polar surface area (TPSA) is 57.6 Å². The maximum atomic E-state index is 13.7. The zero-order valence-electron chi connectivity index (χ0n) is 22.5. The molecule has 1 saturated heterocycles. The minimum absolute atomic E-state index is 0.0252. The van der Waals surface area contributed by atoms with Crippen molar-refractivity contribution in [3.05, 3.63) is 95.1 Å². The molecule has 0 N–H and O–H groups in total. The summed E-state index contributed by atoms with van der Waals surface area (Å²) in [6.07, 6.45) is 0.629. The number of carbonyl (C=O) groups excluding carboxylic acids is 1. The highest BCUT2D eigenvalue weighted by Gasteiger charge is 2.35. The third kappa shape index (κ3) is 5.74. The highest BCUT2D eigenvalue weighted by Crippen LogP contribution is 2.37. The van der Waals surface area contributed by atoms with Crippen molar-refractivity contribution in [1.82, 2.24) is 14.8 Å². The van der Waals surface area contributed by atoms with Gasteiger partial charge in [-0.05, 0) is 35.7 Å². The van der Waals surface area contributed by atoms with E-state index < -0.39 is 0 Å². The normalized spacial score (nSPS) is 18.3. The Morgan fingerprint density at radius 3 is 2.32 bits per heavy atom. The van der Waals surface area contributed by atoms with Crippen LogP contribution in [0, 0.1) is 6.92 Å². The average molecular weight is 513 g/mol. The van der Waals surface area contributed by atoms with Gasteiger partial charge >= 0.3 is 0 Å². The van der Waals surface area contributed by atoms with Gasteiger partial charge in [0.15, 0.2) is 0 Å². The minimum Gasteiger partial charge on any atom is -0.497 e. The summed E-state index contributed by atoms with van der Waals surface area (Å²) in [6, 6.07) is 24.4. The van der Waals surface area contributed by atoms with Crippen LogP contribution < -0.4 is 9.47 Å². The third-order valence-corrected chi connectivity index (χ3v) is 7.51. The summed E-state index contributed by atoms with van der Waals surface area (Å²) < 4.78 is 11.0. The molecule has 7 nitrogen and oxygen atoms in total. The Labute approximate surface area is 225 Å². The van der Waals surface area contributed by atoms with Gasteiger partial charge in [0.1, 0.15) is 11.5 Å². The monoisotopic (exact) mass is 512 g/mol.